The van der Waals surface area contributed by atoms with Crippen molar-refractivity contribution in [2.24, 2.45) is 0 Å². The normalized spacial score (nSPS) is 19.7. The van der Waals surface area contributed by atoms with Crippen LogP contribution in [-0.4, -0.2) is 41.9 Å². The molecule has 2 aromatic rings. The molecule has 1 unspecified atom stereocenters. The molecular formula is C23H25N3O5S. The predicted molar refractivity (Wildman–Crippen MR) is 120 cm³/mol. The largest absolute Gasteiger partial charge is 0.462 e. The maximum Gasteiger partial charge on any atom is 0.341 e. The van der Waals surface area contributed by atoms with Gasteiger partial charge in [-0.3, -0.25) is 14.5 Å². The van der Waals surface area contributed by atoms with Crippen molar-refractivity contribution in [2.75, 3.05) is 18.5 Å². The van der Waals surface area contributed by atoms with E-state index in [4.69, 9.17) is 4.74 Å². The van der Waals surface area contributed by atoms with Crippen molar-refractivity contribution in [1.29, 1.82) is 0 Å². The Labute approximate surface area is 189 Å². The van der Waals surface area contributed by atoms with E-state index in [9.17, 15) is 19.2 Å². The smallest absolute Gasteiger partial charge is 0.341 e. The number of benzene rings is 1. The Balaban J connectivity index is 1.52. The SMILES string of the molecule is CCOC(=O)c1c(NC(=O)CN2C(=O)NC(C)(c3ccc(C)cc3)C2=O)sc2c1CCC2. The number of hydrogen-bond donors (Lipinski definition) is 2. The molecule has 168 valence electrons. The van der Waals surface area contributed by atoms with E-state index in [1.807, 2.05) is 19.1 Å². The number of nitrogens with one attached hydrogen (secondary N) is 2. The first-order valence-corrected chi connectivity index (χ1v) is 11.4. The summed E-state index contributed by atoms with van der Waals surface area (Å²) in [4.78, 5) is 52.9. The molecule has 1 aromatic heterocycles. The maximum absolute atomic E-state index is 13.1. The highest BCUT2D eigenvalue weighted by Gasteiger charge is 2.49. The lowest BCUT2D eigenvalue weighted by atomic mass is 9.91. The molecule has 1 fully saturated rings. The Kier molecular flexibility index (Phi) is 5.77. The second-order valence-electron chi connectivity index (χ2n) is 8.14. The predicted octanol–water partition coefficient (Wildman–Crippen LogP) is 3.13. The molecule has 1 atom stereocenters. The van der Waals surface area contributed by atoms with Crippen molar-refractivity contribution in [3.63, 3.8) is 0 Å². The lowest BCUT2D eigenvalue weighted by Gasteiger charge is -2.22. The number of hydrogen-bond acceptors (Lipinski definition) is 6. The van der Waals surface area contributed by atoms with Gasteiger partial charge in [-0.05, 0) is 51.2 Å². The van der Waals surface area contributed by atoms with Crippen LogP contribution in [0.1, 0.15) is 52.2 Å². The molecule has 1 aliphatic heterocycles. The number of imide groups is 1. The molecule has 0 saturated carbocycles. The van der Waals surface area contributed by atoms with Crippen molar-refractivity contribution in [2.45, 2.75) is 45.6 Å². The molecule has 0 bridgehead atoms. The number of thiophene rings is 1. The van der Waals surface area contributed by atoms with Crippen molar-refractivity contribution in [1.82, 2.24) is 10.2 Å². The molecule has 2 heterocycles. The van der Waals surface area contributed by atoms with Crippen molar-refractivity contribution in [3.05, 3.63) is 51.4 Å². The Bertz CT molecular complexity index is 1110. The van der Waals surface area contributed by atoms with Gasteiger partial charge in [-0.2, -0.15) is 0 Å². The number of fused-ring (bicyclic) bond motifs is 1. The molecular weight excluding hydrogens is 430 g/mol. The van der Waals surface area contributed by atoms with Gasteiger partial charge in [0.1, 0.15) is 17.1 Å². The molecule has 8 nitrogen and oxygen atoms in total. The monoisotopic (exact) mass is 455 g/mol. The molecule has 4 rings (SSSR count). The highest BCUT2D eigenvalue weighted by Crippen LogP contribution is 2.39. The van der Waals surface area contributed by atoms with Crippen LogP contribution in [-0.2, 0) is 32.7 Å². The Morgan fingerprint density at radius 1 is 1.22 bits per heavy atom. The van der Waals surface area contributed by atoms with Crippen LogP contribution in [0.15, 0.2) is 24.3 Å². The first-order valence-electron chi connectivity index (χ1n) is 10.6. The summed E-state index contributed by atoms with van der Waals surface area (Å²) in [6, 6.07) is 6.67. The van der Waals surface area contributed by atoms with Crippen LogP contribution in [0.4, 0.5) is 9.80 Å². The molecule has 32 heavy (non-hydrogen) atoms. The average Bonchev–Trinajstić information content (AvgIpc) is 3.37. The zero-order chi connectivity index (χ0) is 23.0. The molecule has 0 spiro atoms. The number of nitrogens with zero attached hydrogens (tertiary/aromatic N) is 1. The molecule has 1 aliphatic carbocycles. The zero-order valence-electron chi connectivity index (χ0n) is 18.2. The first kappa shape index (κ1) is 22.0. The van der Waals surface area contributed by atoms with E-state index in [0.717, 1.165) is 40.2 Å². The minimum atomic E-state index is -1.24. The number of carbonyl (C=O) groups excluding carboxylic acids is 4. The quantitative estimate of drug-likeness (QED) is 0.514. The van der Waals surface area contributed by atoms with E-state index in [1.54, 1.807) is 26.0 Å². The molecule has 1 aromatic carbocycles. The third-order valence-electron chi connectivity index (χ3n) is 5.86. The summed E-state index contributed by atoms with van der Waals surface area (Å²) < 4.78 is 5.17. The van der Waals surface area contributed by atoms with E-state index in [1.165, 1.54) is 11.3 Å². The van der Waals surface area contributed by atoms with Gasteiger partial charge >= 0.3 is 12.0 Å². The first-order chi connectivity index (χ1) is 15.2. The Morgan fingerprint density at radius 3 is 2.62 bits per heavy atom. The van der Waals surface area contributed by atoms with Crippen LogP contribution in [0.3, 0.4) is 0 Å². The van der Waals surface area contributed by atoms with Crippen LogP contribution in [0, 0.1) is 6.92 Å². The lowest BCUT2D eigenvalue weighted by molar-refractivity contribution is -0.133. The summed E-state index contributed by atoms with van der Waals surface area (Å²) in [5.41, 5.74) is 1.74. The van der Waals surface area contributed by atoms with Gasteiger partial charge in [0.25, 0.3) is 5.91 Å². The van der Waals surface area contributed by atoms with Gasteiger partial charge in [0.2, 0.25) is 5.91 Å². The summed E-state index contributed by atoms with van der Waals surface area (Å²) in [7, 11) is 0. The van der Waals surface area contributed by atoms with Crippen molar-refractivity contribution < 1.29 is 23.9 Å². The van der Waals surface area contributed by atoms with Gasteiger partial charge in [-0.25, -0.2) is 9.59 Å². The fourth-order valence-corrected chi connectivity index (χ4v) is 5.44. The summed E-state index contributed by atoms with van der Waals surface area (Å²) in [6.07, 6.45) is 2.57. The molecule has 2 N–H and O–H groups in total. The number of ether oxygens (including phenoxy) is 1. The van der Waals surface area contributed by atoms with Crippen LogP contribution in [0.2, 0.25) is 0 Å². The lowest BCUT2D eigenvalue weighted by Crippen LogP contribution is -2.42. The third-order valence-corrected chi connectivity index (χ3v) is 7.07. The minimum absolute atomic E-state index is 0.233. The van der Waals surface area contributed by atoms with E-state index in [-0.39, 0.29) is 6.61 Å². The number of urea groups is 1. The molecule has 1 saturated heterocycles. The molecule has 2 aliphatic rings. The van der Waals surface area contributed by atoms with Gasteiger partial charge in [-0.15, -0.1) is 11.3 Å². The molecule has 9 heteroatoms. The van der Waals surface area contributed by atoms with Crippen molar-refractivity contribution in [3.8, 4) is 0 Å². The maximum atomic E-state index is 13.1. The number of anilines is 1. The second kappa shape index (κ2) is 8.38. The number of aryl methyl sites for hydroxylation is 2. The molecule has 4 amide bonds. The average molecular weight is 456 g/mol. The van der Waals surface area contributed by atoms with Crippen LogP contribution in [0.25, 0.3) is 0 Å². The third kappa shape index (κ3) is 3.77. The van der Waals surface area contributed by atoms with E-state index < -0.39 is 35.9 Å². The van der Waals surface area contributed by atoms with Gasteiger partial charge < -0.3 is 15.4 Å². The number of carbonyl (C=O) groups is 4. The summed E-state index contributed by atoms with van der Waals surface area (Å²) in [5.74, 6) is -1.52. The number of rotatable bonds is 6. The second-order valence-corrected chi connectivity index (χ2v) is 9.25. The number of esters is 1. The topological polar surface area (TPSA) is 105 Å². The highest BCUT2D eigenvalue weighted by molar-refractivity contribution is 7.17. The van der Waals surface area contributed by atoms with Gasteiger partial charge in [-0.1, -0.05) is 29.8 Å². The van der Waals surface area contributed by atoms with Gasteiger partial charge in [0, 0.05) is 4.88 Å². The van der Waals surface area contributed by atoms with Crippen LogP contribution >= 0.6 is 11.3 Å². The highest BCUT2D eigenvalue weighted by atomic mass is 32.1. The Morgan fingerprint density at radius 2 is 1.94 bits per heavy atom. The summed E-state index contributed by atoms with van der Waals surface area (Å²) in [6.45, 7) is 5.07. The van der Waals surface area contributed by atoms with Crippen LogP contribution in [0.5, 0.6) is 0 Å². The van der Waals surface area contributed by atoms with E-state index >= 15 is 0 Å². The fourth-order valence-electron chi connectivity index (χ4n) is 4.14. The summed E-state index contributed by atoms with van der Waals surface area (Å²) >= 11 is 1.35. The van der Waals surface area contributed by atoms with E-state index in [0.29, 0.717) is 16.1 Å². The van der Waals surface area contributed by atoms with Gasteiger partial charge in [0.15, 0.2) is 0 Å². The van der Waals surface area contributed by atoms with Crippen molar-refractivity contribution >= 4 is 40.2 Å². The standard InChI is InChI=1S/C23H25N3O5S/c1-4-31-20(28)18-15-6-5-7-16(15)32-19(18)24-17(27)12-26-21(29)23(3,25-22(26)30)14-10-8-13(2)9-11-14/h8-11H,4-7,12H2,1-3H3,(H,24,27)(H,25,30). The summed E-state index contributed by atoms with van der Waals surface area (Å²) in [5, 5.41) is 5.83. The Hall–Kier alpha value is -3.20. The van der Waals surface area contributed by atoms with Crippen LogP contribution < -0.4 is 10.6 Å². The molecule has 0 radical (unpaired) electrons. The van der Waals surface area contributed by atoms with Gasteiger partial charge in [0.05, 0.1) is 12.2 Å². The van der Waals surface area contributed by atoms with E-state index in [2.05, 4.69) is 10.6 Å². The minimum Gasteiger partial charge on any atom is -0.462 e. The fraction of sp³-hybridized carbons (Fsp3) is 0.391. The number of amides is 4. The zero-order valence-corrected chi connectivity index (χ0v) is 19.1.